The Morgan fingerprint density at radius 1 is 1.00 bits per heavy atom. The number of tetrazole rings is 1. The van der Waals surface area contributed by atoms with Crippen LogP contribution in [0.15, 0.2) is 36.4 Å². The molecule has 1 aliphatic heterocycles. The number of rotatable bonds is 10. The van der Waals surface area contributed by atoms with Crippen molar-refractivity contribution < 1.29 is 35.9 Å². The molecule has 0 bridgehead atoms. The van der Waals surface area contributed by atoms with E-state index in [1.54, 1.807) is 6.07 Å². The van der Waals surface area contributed by atoms with E-state index in [4.69, 9.17) is 4.74 Å². The maximum Gasteiger partial charge on any atom is 0.416 e. The fourth-order valence-corrected chi connectivity index (χ4v) is 5.98. The number of carbonyl (C=O) groups is 1. The van der Waals surface area contributed by atoms with Crippen molar-refractivity contribution in [2.24, 2.45) is 0 Å². The van der Waals surface area contributed by atoms with E-state index in [2.05, 4.69) is 25.9 Å². The molecule has 1 aliphatic carbocycles. The Kier molecular flexibility index (Phi) is 7.64. The van der Waals surface area contributed by atoms with Crippen molar-refractivity contribution in [3.63, 3.8) is 0 Å². The van der Waals surface area contributed by atoms with Crippen LogP contribution in [0.5, 0.6) is 5.75 Å². The van der Waals surface area contributed by atoms with E-state index >= 15 is 0 Å². The summed E-state index contributed by atoms with van der Waals surface area (Å²) in [6.45, 7) is 0.127. The molecule has 214 valence electrons. The lowest BCUT2D eigenvalue weighted by Crippen LogP contribution is -2.58. The molecule has 1 amide bonds. The highest BCUT2D eigenvalue weighted by Crippen LogP contribution is 2.52. The van der Waals surface area contributed by atoms with Crippen molar-refractivity contribution in [1.29, 1.82) is 0 Å². The number of halogens is 6. The summed E-state index contributed by atoms with van der Waals surface area (Å²) in [4.78, 5) is 14.9. The number of nitrogens with zero attached hydrogens (tertiary/aromatic N) is 3. The Bertz CT molecular complexity index is 1360. The summed E-state index contributed by atoms with van der Waals surface area (Å²) in [6.07, 6.45) is -7.82. The van der Waals surface area contributed by atoms with Crippen molar-refractivity contribution in [3.8, 4) is 5.75 Å². The van der Waals surface area contributed by atoms with Crippen LogP contribution < -0.4 is 10.1 Å². The summed E-state index contributed by atoms with van der Waals surface area (Å²) in [5.74, 6) is -0.325. The van der Waals surface area contributed by atoms with Crippen molar-refractivity contribution in [3.05, 3.63) is 57.5 Å². The molecule has 0 spiro atoms. The Labute approximate surface area is 229 Å². The molecule has 7 nitrogen and oxygen atoms in total. The normalized spacial score (nSPS) is 20.1. The number of alkyl halides is 6. The summed E-state index contributed by atoms with van der Waals surface area (Å²) in [7, 11) is 0. The van der Waals surface area contributed by atoms with Gasteiger partial charge in [-0.25, -0.2) is 5.10 Å². The van der Waals surface area contributed by atoms with Gasteiger partial charge in [0.25, 0.3) is 5.91 Å². The molecule has 0 saturated heterocycles. The molecule has 2 aromatic heterocycles. The number of aromatic amines is 1. The van der Waals surface area contributed by atoms with Crippen LogP contribution in [0.25, 0.3) is 11.1 Å². The van der Waals surface area contributed by atoms with Crippen LogP contribution in [-0.4, -0.2) is 45.5 Å². The van der Waals surface area contributed by atoms with Gasteiger partial charge in [-0.2, -0.15) is 26.3 Å². The van der Waals surface area contributed by atoms with Gasteiger partial charge in [0, 0.05) is 22.6 Å². The number of hydrogen-bond acceptors (Lipinski definition) is 6. The van der Waals surface area contributed by atoms with Gasteiger partial charge < -0.3 is 10.1 Å². The first-order chi connectivity index (χ1) is 19.0. The molecule has 1 saturated carbocycles. The molecule has 2 N–H and O–H groups in total. The fourth-order valence-electron chi connectivity index (χ4n) is 4.76. The van der Waals surface area contributed by atoms with E-state index in [-0.39, 0.29) is 41.3 Å². The van der Waals surface area contributed by atoms with E-state index < -0.39 is 36.6 Å². The fraction of sp³-hybridized carbons (Fsp3) is 0.462. The number of hydrogen-bond donors (Lipinski definition) is 2. The van der Waals surface area contributed by atoms with Gasteiger partial charge in [0.1, 0.15) is 5.75 Å². The number of carbonyl (C=O) groups excluding carboxylic acids is 1. The first-order valence-corrected chi connectivity index (χ1v) is 13.6. The highest BCUT2D eigenvalue weighted by atomic mass is 32.1. The number of nitrogens with one attached hydrogen (secondary N) is 2. The number of amides is 1. The van der Waals surface area contributed by atoms with E-state index in [1.165, 1.54) is 35.6 Å². The van der Waals surface area contributed by atoms with Gasteiger partial charge in [-0.05, 0) is 83.9 Å². The van der Waals surface area contributed by atoms with Crippen LogP contribution in [0, 0.1) is 0 Å². The first kappa shape index (κ1) is 28.1. The van der Waals surface area contributed by atoms with Crippen molar-refractivity contribution in [1.82, 2.24) is 25.9 Å². The predicted octanol–water partition coefficient (Wildman–Crippen LogP) is 6.53. The SMILES string of the molecule is O=C1N[C@@](c2ccc(OCCCCCC(F)(F)F)cc2)(C(F)(F)F)CC(c2ccc(C3CC3)s2)=C1c1nnn[nH]1. The molecular formula is C26H25F6N5O2S. The van der Waals surface area contributed by atoms with Gasteiger partial charge in [0.05, 0.1) is 12.2 Å². The molecule has 1 aromatic carbocycles. The standard InChI is InChI=1S/C26H25F6N5O2S/c27-25(28,29)12-2-1-3-13-39-17-8-6-16(7-9-17)24(26(30,31)32)14-18(20-11-10-19(40-20)15-4-5-15)21(23(38)33-24)22-34-36-37-35-22/h6-11,15H,1-5,12-14H2,(H,33,38)(H,34,35,36,37)/t24-/m0/s1. The monoisotopic (exact) mass is 585 g/mol. The number of unbranched alkanes of at least 4 members (excludes halogenated alkanes) is 2. The van der Waals surface area contributed by atoms with Crippen LogP contribution in [0.1, 0.15) is 72.0 Å². The average Bonchev–Trinajstić information content (AvgIpc) is 3.37. The molecule has 1 atom stereocenters. The predicted molar refractivity (Wildman–Crippen MR) is 134 cm³/mol. The third kappa shape index (κ3) is 6.01. The molecule has 3 heterocycles. The van der Waals surface area contributed by atoms with Crippen LogP contribution in [0.2, 0.25) is 0 Å². The highest BCUT2D eigenvalue weighted by Gasteiger charge is 2.60. The minimum absolute atomic E-state index is 0.0199. The average molecular weight is 586 g/mol. The maximum atomic E-state index is 14.9. The molecule has 40 heavy (non-hydrogen) atoms. The Morgan fingerprint density at radius 2 is 1.75 bits per heavy atom. The Hall–Kier alpha value is -3.42. The first-order valence-electron chi connectivity index (χ1n) is 12.7. The van der Waals surface area contributed by atoms with Crippen molar-refractivity contribution >= 4 is 28.4 Å². The molecule has 14 heteroatoms. The molecule has 1 fully saturated rings. The van der Waals surface area contributed by atoms with E-state index in [0.29, 0.717) is 23.6 Å². The minimum Gasteiger partial charge on any atom is -0.494 e. The van der Waals surface area contributed by atoms with Gasteiger partial charge in [-0.3, -0.25) is 4.79 Å². The number of ether oxygens (including phenoxy) is 1. The largest absolute Gasteiger partial charge is 0.494 e. The van der Waals surface area contributed by atoms with Gasteiger partial charge in [-0.15, -0.1) is 16.4 Å². The second-order valence-corrected chi connectivity index (χ2v) is 11.0. The van der Waals surface area contributed by atoms with Crippen molar-refractivity contribution in [2.45, 2.75) is 68.8 Å². The lowest BCUT2D eigenvalue weighted by atomic mass is 9.78. The zero-order chi connectivity index (χ0) is 28.5. The number of thiophene rings is 1. The minimum atomic E-state index is -4.86. The summed E-state index contributed by atoms with van der Waals surface area (Å²) < 4.78 is 86.9. The van der Waals surface area contributed by atoms with Crippen LogP contribution in [0.4, 0.5) is 26.3 Å². The summed E-state index contributed by atoms with van der Waals surface area (Å²) in [6, 6.07) is 8.84. The Morgan fingerprint density at radius 3 is 2.38 bits per heavy atom. The molecule has 5 rings (SSSR count). The molecular weight excluding hydrogens is 560 g/mol. The van der Waals surface area contributed by atoms with Gasteiger partial charge in [0.2, 0.25) is 0 Å². The third-order valence-electron chi connectivity index (χ3n) is 6.99. The lowest BCUT2D eigenvalue weighted by molar-refractivity contribution is -0.201. The van der Waals surface area contributed by atoms with Gasteiger partial charge in [-0.1, -0.05) is 12.1 Å². The zero-order valence-electron chi connectivity index (χ0n) is 21.0. The number of benzene rings is 1. The third-order valence-corrected chi connectivity index (χ3v) is 8.30. The molecule has 3 aromatic rings. The van der Waals surface area contributed by atoms with Crippen LogP contribution in [0.3, 0.4) is 0 Å². The topological polar surface area (TPSA) is 92.8 Å². The molecule has 2 aliphatic rings. The summed E-state index contributed by atoms with van der Waals surface area (Å²) in [5.41, 5.74) is -2.76. The van der Waals surface area contributed by atoms with E-state index in [0.717, 1.165) is 17.7 Å². The van der Waals surface area contributed by atoms with Gasteiger partial charge in [0.15, 0.2) is 11.4 Å². The second-order valence-electron chi connectivity index (χ2n) is 9.91. The van der Waals surface area contributed by atoms with Gasteiger partial charge >= 0.3 is 12.4 Å². The van der Waals surface area contributed by atoms with E-state index in [1.807, 2.05) is 6.07 Å². The summed E-state index contributed by atoms with van der Waals surface area (Å²) in [5, 5.41) is 15.5. The lowest BCUT2D eigenvalue weighted by Gasteiger charge is -2.41. The Balaban J connectivity index is 1.40. The number of H-pyrrole nitrogens is 1. The maximum absolute atomic E-state index is 14.9. The molecule has 0 unspecified atom stereocenters. The second kappa shape index (κ2) is 10.9. The molecule has 0 radical (unpaired) electrons. The van der Waals surface area contributed by atoms with Crippen LogP contribution in [-0.2, 0) is 10.3 Å². The zero-order valence-corrected chi connectivity index (χ0v) is 21.8. The van der Waals surface area contributed by atoms with Crippen LogP contribution >= 0.6 is 11.3 Å². The summed E-state index contributed by atoms with van der Waals surface area (Å²) >= 11 is 1.37. The quantitative estimate of drug-likeness (QED) is 0.209. The van der Waals surface area contributed by atoms with E-state index in [9.17, 15) is 31.1 Å². The number of aromatic nitrogens is 4. The highest BCUT2D eigenvalue weighted by molar-refractivity contribution is 7.13. The van der Waals surface area contributed by atoms with Crippen molar-refractivity contribution in [2.75, 3.05) is 6.61 Å². The smallest absolute Gasteiger partial charge is 0.416 e.